The number of carbonyl (C=O) groups excluding carboxylic acids is 1. The third kappa shape index (κ3) is 10.3. The van der Waals surface area contributed by atoms with Gasteiger partial charge in [-0.25, -0.2) is 0 Å². The van der Waals surface area contributed by atoms with Crippen molar-refractivity contribution in [2.45, 2.75) is 79.0 Å². The van der Waals surface area contributed by atoms with Gasteiger partial charge in [0.2, 0.25) is 0 Å². The summed E-state index contributed by atoms with van der Waals surface area (Å²) in [5, 5.41) is 10.5. The van der Waals surface area contributed by atoms with Gasteiger partial charge >= 0.3 is 0 Å². The summed E-state index contributed by atoms with van der Waals surface area (Å²) in [6, 6.07) is 0. The molecule has 0 saturated carbocycles. The number of ether oxygens (including phenoxy) is 1. The van der Waals surface area contributed by atoms with Crippen LogP contribution in [-0.4, -0.2) is 38.0 Å². The summed E-state index contributed by atoms with van der Waals surface area (Å²) in [5.74, 6) is 0. The first-order valence-corrected chi connectivity index (χ1v) is 8.56. The Labute approximate surface area is 145 Å². The molecule has 0 bridgehead atoms. The number of hydrogen-bond acceptors (Lipinski definition) is 4. The highest BCUT2D eigenvalue weighted by Crippen LogP contribution is 2.18. The Morgan fingerprint density at radius 1 is 1.30 bits per heavy atom. The molecule has 1 aromatic rings. The van der Waals surface area contributed by atoms with Gasteiger partial charge in [0, 0.05) is 24.9 Å². The van der Waals surface area contributed by atoms with Gasteiger partial charge < -0.3 is 10.1 Å². The molecule has 1 rings (SSSR count). The molecule has 7 heteroatoms. The van der Waals surface area contributed by atoms with E-state index in [0.29, 0.717) is 6.61 Å². The number of rotatable bonds is 8. The Morgan fingerprint density at radius 3 is 2.39 bits per heavy atom. The highest BCUT2D eigenvalue weighted by atomic mass is 32.1. The van der Waals surface area contributed by atoms with E-state index >= 15 is 0 Å². The van der Waals surface area contributed by atoms with Crippen LogP contribution in [0.15, 0.2) is 6.20 Å². The van der Waals surface area contributed by atoms with E-state index in [1.165, 1.54) is 0 Å². The van der Waals surface area contributed by atoms with Gasteiger partial charge in [-0.05, 0) is 47.5 Å². The van der Waals surface area contributed by atoms with Crippen molar-refractivity contribution in [3.63, 3.8) is 0 Å². The summed E-state index contributed by atoms with van der Waals surface area (Å²) in [6.07, 6.45) is 3.49. The van der Waals surface area contributed by atoms with Crippen molar-refractivity contribution in [1.29, 1.82) is 0 Å². The first-order valence-electron chi connectivity index (χ1n) is 8.11. The van der Waals surface area contributed by atoms with Crippen LogP contribution >= 0.6 is 12.6 Å². The van der Waals surface area contributed by atoms with Gasteiger partial charge in [0.15, 0.2) is 0 Å². The smallest absolute Gasteiger partial charge is 0.276 e. The summed E-state index contributed by atoms with van der Waals surface area (Å²) in [7, 11) is 0. The van der Waals surface area contributed by atoms with E-state index in [2.05, 4.69) is 42.1 Å². The number of aromatic nitrogens is 3. The number of nitrogens with one attached hydrogen (secondary N) is 1. The molecule has 0 spiro atoms. The van der Waals surface area contributed by atoms with Crippen LogP contribution in [0.25, 0.3) is 0 Å². The molecule has 0 aliphatic heterocycles. The minimum Gasteiger partial charge on any atom is -0.375 e. The molecule has 23 heavy (non-hydrogen) atoms. The summed E-state index contributed by atoms with van der Waals surface area (Å²) >= 11 is 3.74. The quantitative estimate of drug-likeness (QED) is 0.707. The monoisotopic (exact) mass is 344 g/mol. The number of thiol groups is 1. The Balaban J connectivity index is 0.00000232. The summed E-state index contributed by atoms with van der Waals surface area (Å²) in [4.78, 5) is 11.0. The molecule has 1 aromatic heterocycles. The molecule has 0 atom stereocenters. The number of amides is 1. The van der Waals surface area contributed by atoms with Crippen LogP contribution in [-0.2, 0) is 11.3 Å². The fourth-order valence-corrected chi connectivity index (χ4v) is 2.20. The SMILES string of the molecule is CC.Cc1cn(CCC(C)(C)OCCC(C)(C)NC(=O)S)nn1. The van der Waals surface area contributed by atoms with Gasteiger partial charge in [-0.3, -0.25) is 9.48 Å². The maximum Gasteiger partial charge on any atom is 0.276 e. The molecule has 0 radical (unpaired) electrons. The molecule has 134 valence electrons. The van der Waals surface area contributed by atoms with Crippen molar-refractivity contribution in [3.8, 4) is 0 Å². The van der Waals surface area contributed by atoms with Gasteiger partial charge in [0.25, 0.3) is 5.24 Å². The zero-order chi connectivity index (χ0) is 18.1. The predicted octanol–water partition coefficient (Wildman–Crippen LogP) is 3.61. The molecule has 1 heterocycles. The zero-order valence-electron chi connectivity index (χ0n) is 15.5. The molecule has 1 N–H and O–H groups in total. The Kier molecular flexibility index (Phi) is 9.46. The first-order chi connectivity index (χ1) is 10.6. The normalized spacial score (nSPS) is 11.7. The van der Waals surface area contributed by atoms with Crippen molar-refractivity contribution < 1.29 is 9.53 Å². The van der Waals surface area contributed by atoms with E-state index in [0.717, 1.165) is 25.1 Å². The summed E-state index contributed by atoms with van der Waals surface area (Å²) < 4.78 is 7.76. The largest absolute Gasteiger partial charge is 0.375 e. The average Bonchev–Trinajstić information content (AvgIpc) is 2.83. The van der Waals surface area contributed by atoms with Crippen molar-refractivity contribution in [1.82, 2.24) is 20.3 Å². The molecule has 0 saturated heterocycles. The van der Waals surface area contributed by atoms with Crippen LogP contribution in [0.4, 0.5) is 4.79 Å². The molecule has 6 nitrogen and oxygen atoms in total. The van der Waals surface area contributed by atoms with Crippen molar-refractivity contribution >= 4 is 17.9 Å². The topological polar surface area (TPSA) is 69.0 Å². The minimum atomic E-state index is -0.321. The van der Waals surface area contributed by atoms with E-state index in [4.69, 9.17) is 4.74 Å². The van der Waals surface area contributed by atoms with Gasteiger partial charge in [0.1, 0.15) is 0 Å². The second kappa shape index (κ2) is 9.93. The van der Waals surface area contributed by atoms with Crippen LogP contribution in [0.3, 0.4) is 0 Å². The Bertz CT molecular complexity index is 472. The molecular formula is C16H32N4O2S. The van der Waals surface area contributed by atoms with Crippen LogP contribution in [0.2, 0.25) is 0 Å². The molecule has 0 unspecified atom stereocenters. The van der Waals surface area contributed by atoms with Gasteiger partial charge in [-0.2, -0.15) is 0 Å². The molecule has 0 aromatic carbocycles. The number of carbonyl (C=O) groups is 1. The summed E-state index contributed by atoms with van der Waals surface area (Å²) in [5.41, 5.74) is 0.344. The van der Waals surface area contributed by atoms with E-state index in [1.54, 1.807) is 0 Å². The van der Waals surface area contributed by atoms with Crippen LogP contribution in [0.5, 0.6) is 0 Å². The van der Waals surface area contributed by atoms with Gasteiger partial charge in [0.05, 0.1) is 11.3 Å². The maximum absolute atomic E-state index is 11.0. The van der Waals surface area contributed by atoms with E-state index in [-0.39, 0.29) is 16.4 Å². The van der Waals surface area contributed by atoms with Crippen molar-refractivity contribution in [2.75, 3.05) is 6.61 Å². The zero-order valence-corrected chi connectivity index (χ0v) is 16.4. The van der Waals surface area contributed by atoms with Crippen LogP contribution in [0.1, 0.15) is 60.1 Å². The van der Waals surface area contributed by atoms with E-state index in [9.17, 15) is 4.79 Å². The molecular weight excluding hydrogens is 312 g/mol. The standard InChI is InChI=1S/C14H26N4O2S.C2H6/c1-11-10-18(17-16-11)8-6-14(4,5)20-9-7-13(2,3)15-12(19)21;1-2/h10H,6-9H2,1-5H3,(H2,15,19,21);1-2H3. The third-order valence-corrected chi connectivity index (χ3v) is 3.37. The lowest BCUT2D eigenvalue weighted by Crippen LogP contribution is -2.42. The molecule has 0 aliphatic carbocycles. The first kappa shape index (κ1) is 21.9. The molecule has 1 amide bonds. The van der Waals surface area contributed by atoms with E-state index in [1.807, 2.05) is 45.5 Å². The van der Waals surface area contributed by atoms with Crippen LogP contribution < -0.4 is 5.32 Å². The lowest BCUT2D eigenvalue weighted by molar-refractivity contribution is -0.0332. The lowest BCUT2D eigenvalue weighted by Gasteiger charge is -2.29. The third-order valence-electron chi connectivity index (χ3n) is 3.26. The highest BCUT2D eigenvalue weighted by molar-refractivity contribution is 7.96. The van der Waals surface area contributed by atoms with Crippen molar-refractivity contribution in [2.24, 2.45) is 0 Å². The van der Waals surface area contributed by atoms with E-state index < -0.39 is 0 Å². The average molecular weight is 345 g/mol. The number of aryl methyl sites for hydroxylation is 2. The van der Waals surface area contributed by atoms with Gasteiger partial charge in [-0.15, -0.1) is 5.10 Å². The highest BCUT2D eigenvalue weighted by Gasteiger charge is 2.23. The van der Waals surface area contributed by atoms with Gasteiger partial charge in [-0.1, -0.05) is 31.7 Å². The Hall–Kier alpha value is -1.08. The second-order valence-corrected chi connectivity index (χ2v) is 6.95. The maximum atomic E-state index is 11.0. The van der Waals surface area contributed by atoms with Crippen molar-refractivity contribution in [3.05, 3.63) is 11.9 Å². The second-order valence-electron chi connectivity index (χ2n) is 6.55. The lowest BCUT2D eigenvalue weighted by atomic mass is 10.0. The molecule has 0 fully saturated rings. The predicted molar refractivity (Wildman–Crippen MR) is 97.0 cm³/mol. The number of hydrogen-bond donors (Lipinski definition) is 2. The minimum absolute atomic E-state index is 0.249. The fourth-order valence-electron chi connectivity index (χ4n) is 1.89. The number of nitrogens with zero attached hydrogens (tertiary/aromatic N) is 3. The Morgan fingerprint density at radius 2 is 1.91 bits per heavy atom. The summed E-state index contributed by atoms with van der Waals surface area (Å²) in [6.45, 7) is 15.3. The molecule has 0 aliphatic rings. The fraction of sp³-hybridized carbons (Fsp3) is 0.812. The van der Waals surface area contributed by atoms with Crippen LogP contribution in [0, 0.1) is 6.92 Å².